The van der Waals surface area contributed by atoms with Crippen LogP contribution in [0.1, 0.15) is 32.3 Å². The molecule has 0 saturated heterocycles. The van der Waals surface area contributed by atoms with Gasteiger partial charge in [-0.25, -0.2) is 0 Å². The van der Waals surface area contributed by atoms with Crippen LogP contribution in [0.25, 0.3) is 0 Å². The Morgan fingerprint density at radius 1 is 1.33 bits per heavy atom. The summed E-state index contributed by atoms with van der Waals surface area (Å²) in [6.07, 6.45) is 4.48. The molecule has 0 spiro atoms. The van der Waals surface area contributed by atoms with Crippen molar-refractivity contribution in [2.75, 3.05) is 23.9 Å². The van der Waals surface area contributed by atoms with Crippen molar-refractivity contribution in [3.63, 3.8) is 0 Å². The van der Waals surface area contributed by atoms with Gasteiger partial charge in [0.05, 0.1) is 10.7 Å². The van der Waals surface area contributed by atoms with Gasteiger partial charge in [0.15, 0.2) is 0 Å². The molecule has 0 aliphatic heterocycles. The minimum atomic E-state index is 0.292. The van der Waals surface area contributed by atoms with E-state index in [0.717, 1.165) is 30.6 Å². The molecular weight excluding hydrogens is 264 g/mol. The zero-order valence-electron chi connectivity index (χ0n) is 11.6. The molecule has 3 N–H and O–H groups in total. The highest BCUT2D eigenvalue weighted by atomic mass is 35.5. The van der Waals surface area contributed by atoms with Gasteiger partial charge in [-0.2, -0.15) is 11.8 Å². The fraction of sp³-hybridized carbons (Fsp3) is 0.571. The highest BCUT2D eigenvalue weighted by molar-refractivity contribution is 8.00. The van der Waals surface area contributed by atoms with Gasteiger partial charge in [-0.15, -0.1) is 0 Å². The lowest BCUT2D eigenvalue weighted by Gasteiger charge is -2.30. The zero-order chi connectivity index (χ0) is 13.8. The van der Waals surface area contributed by atoms with E-state index in [4.69, 9.17) is 17.3 Å². The van der Waals surface area contributed by atoms with Gasteiger partial charge in [-0.1, -0.05) is 25.4 Å². The van der Waals surface area contributed by atoms with Gasteiger partial charge >= 0.3 is 0 Å². The number of hydrogen-bond donors (Lipinski definition) is 2. The number of rotatable bonds is 6. The number of nitrogens with two attached hydrogens (primary N) is 1. The SMILES string of the molecule is CCC(CC)(CNc1cc(Cl)c(N)cc1C)SC. The first-order valence-electron chi connectivity index (χ1n) is 6.32. The van der Waals surface area contributed by atoms with Gasteiger partial charge in [0.1, 0.15) is 0 Å². The Kier molecular flexibility index (Phi) is 5.67. The number of nitrogen functional groups attached to an aromatic ring is 1. The van der Waals surface area contributed by atoms with Crippen LogP contribution in [0.2, 0.25) is 5.02 Å². The number of aryl methyl sites for hydroxylation is 1. The Morgan fingerprint density at radius 3 is 2.44 bits per heavy atom. The summed E-state index contributed by atoms with van der Waals surface area (Å²) in [4.78, 5) is 0. The standard InChI is InChI=1S/C14H23ClN2S/c1-5-14(6-2,18-4)9-17-13-8-11(15)12(16)7-10(13)3/h7-8,17H,5-6,9,16H2,1-4H3. The molecule has 1 rings (SSSR count). The molecule has 0 aliphatic carbocycles. The molecule has 0 amide bonds. The van der Waals surface area contributed by atoms with Gasteiger partial charge in [0.25, 0.3) is 0 Å². The maximum atomic E-state index is 6.07. The largest absolute Gasteiger partial charge is 0.398 e. The van der Waals surface area contributed by atoms with Crippen molar-refractivity contribution in [3.8, 4) is 0 Å². The first-order valence-corrected chi connectivity index (χ1v) is 7.93. The van der Waals surface area contributed by atoms with E-state index in [9.17, 15) is 0 Å². The van der Waals surface area contributed by atoms with Gasteiger partial charge in [-0.05, 0) is 43.7 Å². The van der Waals surface area contributed by atoms with Gasteiger partial charge in [0.2, 0.25) is 0 Å². The maximum Gasteiger partial charge on any atom is 0.0656 e. The van der Waals surface area contributed by atoms with Crippen molar-refractivity contribution in [1.29, 1.82) is 0 Å². The molecule has 0 heterocycles. The second-order valence-electron chi connectivity index (χ2n) is 4.64. The number of nitrogens with one attached hydrogen (secondary N) is 1. The third-order valence-corrected chi connectivity index (χ3v) is 5.58. The van der Waals surface area contributed by atoms with E-state index in [-0.39, 0.29) is 0 Å². The van der Waals surface area contributed by atoms with Crippen molar-refractivity contribution in [2.45, 2.75) is 38.4 Å². The van der Waals surface area contributed by atoms with E-state index in [1.165, 1.54) is 0 Å². The molecule has 1 aromatic carbocycles. The fourth-order valence-corrected chi connectivity index (χ4v) is 2.97. The molecule has 2 nitrogen and oxygen atoms in total. The summed E-state index contributed by atoms with van der Waals surface area (Å²) in [5.41, 5.74) is 8.64. The van der Waals surface area contributed by atoms with Crippen LogP contribution in [0, 0.1) is 6.92 Å². The van der Waals surface area contributed by atoms with E-state index in [1.807, 2.05) is 30.8 Å². The first-order chi connectivity index (χ1) is 8.48. The van der Waals surface area contributed by atoms with Crippen LogP contribution < -0.4 is 11.1 Å². The molecule has 0 fully saturated rings. The molecular formula is C14H23ClN2S. The zero-order valence-corrected chi connectivity index (χ0v) is 13.2. The molecule has 0 bridgehead atoms. The van der Waals surface area contributed by atoms with Crippen molar-refractivity contribution in [1.82, 2.24) is 0 Å². The average Bonchev–Trinajstić information content (AvgIpc) is 2.37. The Hall–Kier alpha value is -0.540. The van der Waals surface area contributed by atoms with Gasteiger partial charge < -0.3 is 11.1 Å². The summed E-state index contributed by atoms with van der Waals surface area (Å²) in [5.74, 6) is 0. The minimum absolute atomic E-state index is 0.292. The van der Waals surface area contributed by atoms with Gasteiger partial charge in [0, 0.05) is 17.0 Å². The lowest BCUT2D eigenvalue weighted by molar-refractivity contribution is 0.574. The molecule has 102 valence electrons. The lowest BCUT2D eigenvalue weighted by Crippen LogP contribution is -2.32. The van der Waals surface area contributed by atoms with Gasteiger partial charge in [-0.3, -0.25) is 0 Å². The maximum absolute atomic E-state index is 6.07. The third-order valence-electron chi connectivity index (χ3n) is 3.67. The minimum Gasteiger partial charge on any atom is -0.398 e. The molecule has 0 saturated carbocycles. The Balaban J connectivity index is 2.83. The summed E-state index contributed by atoms with van der Waals surface area (Å²) in [5, 5.41) is 4.13. The van der Waals surface area contributed by atoms with Crippen LogP contribution in [-0.4, -0.2) is 17.5 Å². The summed E-state index contributed by atoms with van der Waals surface area (Å²) in [6.45, 7) is 7.48. The summed E-state index contributed by atoms with van der Waals surface area (Å²) in [6, 6.07) is 3.84. The van der Waals surface area contributed by atoms with E-state index in [2.05, 4.69) is 25.4 Å². The van der Waals surface area contributed by atoms with E-state index < -0.39 is 0 Å². The van der Waals surface area contributed by atoms with Crippen LogP contribution >= 0.6 is 23.4 Å². The molecule has 1 aromatic rings. The Bertz CT molecular complexity index is 395. The normalized spacial score (nSPS) is 11.6. The Morgan fingerprint density at radius 2 is 1.94 bits per heavy atom. The van der Waals surface area contributed by atoms with Crippen molar-refractivity contribution < 1.29 is 0 Å². The van der Waals surface area contributed by atoms with E-state index in [0.29, 0.717) is 15.5 Å². The number of thioether (sulfide) groups is 1. The molecule has 18 heavy (non-hydrogen) atoms. The third kappa shape index (κ3) is 3.48. The lowest BCUT2D eigenvalue weighted by atomic mass is 10.0. The Labute approximate surface area is 120 Å². The summed E-state index contributed by atoms with van der Waals surface area (Å²) >= 11 is 8.00. The molecule has 0 aliphatic rings. The highest BCUT2D eigenvalue weighted by Gasteiger charge is 2.24. The van der Waals surface area contributed by atoms with Crippen LogP contribution in [0.15, 0.2) is 12.1 Å². The summed E-state index contributed by atoms with van der Waals surface area (Å²) in [7, 11) is 0. The molecule has 4 heteroatoms. The molecule has 0 aromatic heterocycles. The predicted octanol–water partition coefficient (Wildman–Crippen LogP) is 4.56. The fourth-order valence-electron chi connectivity index (χ4n) is 2.01. The molecule has 0 radical (unpaired) electrons. The average molecular weight is 287 g/mol. The second kappa shape index (κ2) is 6.58. The van der Waals surface area contributed by atoms with Crippen molar-refractivity contribution >= 4 is 34.7 Å². The summed E-state index contributed by atoms with van der Waals surface area (Å²) < 4.78 is 0.292. The molecule has 0 atom stereocenters. The van der Waals surface area contributed by atoms with Crippen LogP contribution in [-0.2, 0) is 0 Å². The van der Waals surface area contributed by atoms with E-state index >= 15 is 0 Å². The first kappa shape index (κ1) is 15.5. The van der Waals surface area contributed by atoms with Crippen LogP contribution in [0.4, 0.5) is 11.4 Å². The van der Waals surface area contributed by atoms with Crippen LogP contribution in [0.3, 0.4) is 0 Å². The van der Waals surface area contributed by atoms with Crippen molar-refractivity contribution in [2.24, 2.45) is 0 Å². The second-order valence-corrected chi connectivity index (χ2v) is 6.32. The topological polar surface area (TPSA) is 38.0 Å². The van der Waals surface area contributed by atoms with Crippen molar-refractivity contribution in [3.05, 3.63) is 22.7 Å². The van der Waals surface area contributed by atoms with E-state index in [1.54, 1.807) is 0 Å². The highest BCUT2D eigenvalue weighted by Crippen LogP contribution is 2.32. The predicted molar refractivity (Wildman–Crippen MR) is 85.9 cm³/mol. The number of halogens is 1. The quantitative estimate of drug-likeness (QED) is 0.753. The number of anilines is 2. The molecule has 0 unspecified atom stereocenters. The monoisotopic (exact) mass is 286 g/mol. The van der Waals surface area contributed by atoms with Crippen LogP contribution in [0.5, 0.6) is 0 Å². The number of benzene rings is 1. The number of hydrogen-bond acceptors (Lipinski definition) is 3. The smallest absolute Gasteiger partial charge is 0.0656 e.